The molecule has 2 rings (SSSR count). The summed E-state index contributed by atoms with van der Waals surface area (Å²) < 4.78 is 13.5. The van der Waals surface area contributed by atoms with Crippen LogP contribution in [0.3, 0.4) is 0 Å². The lowest BCUT2D eigenvalue weighted by atomic mass is 10.2. The van der Waals surface area contributed by atoms with E-state index < -0.39 is 15.7 Å². The van der Waals surface area contributed by atoms with Crippen molar-refractivity contribution in [2.45, 2.75) is 6.54 Å². The van der Waals surface area contributed by atoms with Crippen LogP contribution in [0.1, 0.15) is 5.56 Å². The van der Waals surface area contributed by atoms with Crippen molar-refractivity contribution in [3.8, 4) is 0 Å². The molecule has 0 atom stereocenters. The van der Waals surface area contributed by atoms with Crippen molar-refractivity contribution < 1.29 is 14.2 Å². The minimum atomic E-state index is -0.615. The van der Waals surface area contributed by atoms with Crippen LogP contribution < -0.4 is 5.32 Å². The van der Waals surface area contributed by atoms with E-state index in [0.717, 1.165) is 18.2 Å². The predicted molar refractivity (Wildman–Crippen MR) is 73.5 cm³/mol. The Morgan fingerprint density at radius 2 is 1.52 bits per heavy atom. The van der Waals surface area contributed by atoms with Gasteiger partial charge in [0, 0.05) is 30.8 Å². The van der Waals surface area contributed by atoms with Crippen LogP contribution in [0.15, 0.2) is 42.5 Å². The third-order valence-electron chi connectivity index (χ3n) is 2.79. The Labute approximate surface area is 118 Å². The number of non-ortho nitro benzene ring substituents is 2. The van der Waals surface area contributed by atoms with Crippen LogP contribution in [0, 0.1) is 26.0 Å². The van der Waals surface area contributed by atoms with E-state index in [0.29, 0.717) is 5.56 Å². The van der Waals surface area contributed by atoms with Crippen LogP contribution in [0.2, 0.25) is 0 Å². The van der Waals surface area contributed by atoms with Gasteiger partial charge in [-0.15, -0.1) is 0 Å². The summed E-state index contributed by atoms with van der Waals surface area (Å²) in [6.45, 7) is 0.191. The monoisotopic (exact) mass is 291 g/mol. The Hall–Kier alpha value is -3.03. The van der Waals surface area contributed by atoms with E-state index in [1.54, 1.807) is 0 Å². The Kier molecular flexibility index (Phi) is 4.07. The van der Waals surface area contributed by atoms with E-state index in [1.807, 2.05) is 0 Å². The SMILES string of the molecule is O=[N+]([O-])c1ccc(CNc2cc([N+](=O)[O-])ccc2F)cc1. The maximum Gasteiger partial charge on any atom is 0.271 e. The molecule has 0 aliphatic heterocycles. The van der Waals surface area contributed by atoms with Crippen molar-refractivity contribution in [2.75, 3.05) is 5.32 Å². The molecule has 21 heavy (non-hydrogen) atoms. The van der Waals surface area contributed by atoms with E-state index in [-0.39, 0.29) is 23.6 Å². The maximum atomic E-state index is 13.5. The zero-order valence-electron chi connectivity index (χ0n) is 10.7. The third-order valence-corrected chi connectivity index (χ3v) is 2.79. The van der Waals surface area contributed by atoms with Gasteiger partial charge in [0.2, 0.25) is 0 Å². The van der Waals surface area contributed by atoms with Crippen LogP contribution in [0.5, 0.6) is 0 Å². The number of nitro groups is 2. The molecular formula is C13H10FN3O4. The highest BCUT2D eigenvalue weighted by atomic mass is 19.1. The van der Waals surface area contributed by atoms with Gasteiger partial charge >= 0.3 is 0 Å². The number of benzene rings is 2. The Morgan fingerprint density at radius 1 is 0.952 bits per heavy atom. The van der Waals surface area contributed by atoms with Gasteiger partial charge in [-0.25, -0.2) is 4.39 Å². The van der Waals surface area contributed by atoms with Gasteiger partial charge in [-0.1, -0.05) is 12.1 Å². The second-order valence-corrected chi connectivity index (χ2v) is 4.20. The average Bonchev–Trinajstić information content (AvgIpc) is 2.46. The summed E-state index contributed by atoms with van der Waals surface area (Å²) in [5, 5.41) is 23.9. The number of nitro benzene ring substituents is 2. The molecule has 0 heterocycles. The molecule has 108 valence electrons. The fraction of sp³-hybridized carbons (Fsp3) is 0.0769. The second kappa shape index (κ2) is 5.95. The molecule has 0 aliphatic rings. The quantitative estimate of drug-likeness (QED) is 0.673. The van der Waals surface area contributed by atoms with Gasteiger partial charge in [0.15, 0.2) is 0 Å². The summed E-state index contributed by atoms with van der Waals surface area (Å²) in [5.74, 6) is -0.609. The number of halogens is 1. The van der Waals surface area contributed by atoms with Gasteiger partial charge in [-0.05, 0) is 11.6 Å². The number of nitrogens with one attached hydrogen (secondary N) is 1. The Balaban J connectivity index is 2.10. The molecule has 0 saturated heterocycles. The van der Waals surface area contributed by atoms with E-state index in [9.17, 15) is 24.6 Å². The lowest BCUT2D eigenvalue weighted by molar-refractivity contribution is -0.385. The maximum absolute atomic E-state index is 13.5. The molecule has 0 bridgehead atoms. The van der Waals surface area contributed by atoms with Crippen LogP contribution in [-0.2, 0) is 6.54 Å². The lowest BCUT2D eigenvalue weighted by Crippen LogP contribution is -2.02. The summed E-state index contributed by atoms with van der Waals surface area (Å²) >= 11 is 0. The summed E-state index contributed by atoms with van der Waals surface area (Å²) in [4.78, 5) is 20.0. The zero-order valence-corrected chi connectivity index (χ0v) is 10.7. The van der Waals surface area contributed by atoms with Crippen molar-refractivity contribution in [2.24, 2.45) is 0 Å². The summed E-state index contributed by atoms with van der Waals surface area (Å²) in [7, 11) is 0. The minimum Gasteiger partial charge on any atom is -0.378 e. The molecule has 2 aromatic rings. The molecule has 7 nitrogen and oxygen atoms in total. The van der Waals surface area contributed by atoms with Gasteiger partial charge in [0.1, 0.15) is 5.82 Å². The Morgan fingerprint density at radius 3 is 2.10 bits per heavy atom. The molecule has 0 radical (unpaired) electrons. The van der Waals surface area contributed by atoms with Gasteiger partial charge < -0.3 is 5.32 Å². The molecule has 0 aromatic heterocycles. The predicted octanol–water partition coefficient (Wildman–Crippen LogP) is 3.25. The van der Waals surface area contributed by atoms with Crippen LogP contribution in [0.25, 0.3) is 0 Å². The molecule has 0 amide bonds. The van der Waals surface area contributed by atoms with Gasteiger partial charge in [0.05, 0.1) is 15.5 Å². The smallest absolute Gasteiger partial charge is 0.271 e. The normalized spacial score (nSPS) is 10.1. The van der Waals surface area contributed by atoms with E-state index >= 15 is 0 Å². The number of hydrogen-bond acceptors (Lipinski definition) is 5. The van der Waals surface area contributed by atoms with Crippen molar-refractivity contribution >= 4 is 17.1 Å². The molecule has 8 heteroatoms. The first-order chi connectivity index (χ1) is 9.97. The first-order valence-electron chi connectivity index (χ1n) is 5.88. The van der Waals surface area contributed by atoms with Gasteiger partial charge in [-0.2, -0.15) is 0 Å². The largest absolute Gasteiger partial charge is 0.378 e. The topological polar surface area (TPSA) is 98.3 Å². The van der Waals surface area contributed by atoms with Crippen molar-refractivity contribution in [3.63, 3.8) is 0 Å². The highest BCUT2D eigenvalue weighted by Crippen LogP contribution is 2.22. The summed E-state index contributed by atoms with van der Waals surface area (Å²) in [6, 6.07) is 8.91. The van der Waals surface area contributed by atoms with Gasteiger partial charge in [-0.3, -0.25) is 20.2 Å². The molecule has 0 saturated carbocycles. The highest BCUT2D eigenvalue weighted by molar-refractivity contribution is 5.52. The first kappa shape index (κ1) is 14.4. The minimum absolute atomic E-state index is 0.00236. The lowest BCUT2D eigenvalue weighted by Gasteiger charge is -2.07. The highest BCUT2D eigenvalue weighted by Gasteiger charge is 2.11. The summed E-state index contributed by atoms with van der Waals surface area (Å²) in [5.41, 5.74) is 0.428. The van der Waals surface area contributed by atoms with E-state index in [4.69, 9.17) is 0 Å². The number of hydrogen-bond donors (Lipinski definition) is 1. The number of anilines is 1. The fourth-order valence-corrected chi connectivity index (χ4v) is 1.70. The fourth-order valence-electron chi connectivity index (χ4n) is 1.70. The average molecular weight is 291 g/mol. The van der Waals surface area contributed by atoms with E-state index in [1.165, 1.54) is 24.3 Å². The van der Waals surface area contributed by atoms with Crippen LogP contribution in [0.4, 0.5) is 21.5 Å². The third kappa shape index (κ3) is 3.50. The van der Waals surface area contributed by atoms with Crippen molar-refractivity contribution in [1.29, 1.82) is 0 Å². The molecule has 2 aromatic carbocycles. The molecule has 0 fully saturated rings. The molecular weight excluding hydrogens is 281 g/mol. The van der Waals surface area contributed by atoms with Gasteiger partial charge in [0.25, 0.3) is 11.4 Å². The standard InChI is InChI=1S/C13H10FN3O4/c14-12-6-5-11(17(20)21)7-13(12)15-8-9-1-3-10(4-2-9)16(18)19/h1-7,15H,8H2. The Bertz CT molecular complexity index is 688. The first-order valence-corrected chi connectivity index (χ1v) is 5.88. The molecule has 0 aliphatic carbocycles. The molecule has 0 unspecified atom stereocenters. The van der Waals surface area contributed by atoms with Crippen molar-refractivity contribution in [3.05, 3.63) is 74.1 Å². The van der Waals surface area contributed by atoms with E-state index in [2.05, 4.69) is 5.32 Å². The zero-order chi connectivity index (χ0) is 15.4. The van der Waals surface area contributed by atoms with Crippen molar-refractivity contribution in [1.82, 2.24) is 0 Å². The van der Waals surface area contributed by atoms with Crippen LogP contribution in [-0.4, -0.2) is 9.85 Å². The number of rotatable bonds is 5. The number of nitrogens with zero attached hydrogens (tertiary/aromatic N) is 2. The summed E-state index contributed by atoms with van der Waals surface area (Å²) in [6.07, 6.45) is 0. The molecule has 0 spiro atoms. The second-order valence-electron chi connectivity index (χ2n) is 4.20. The van der Waals surface area contributed by atoms with Crippen LogP contribution >= 0.6 is 0 Å². The molecule has 1 N–H and O–H groups in total.